The smallest absolute Gasteiger partial charge is 0.338 e. The number of hydrogen-bond acceptors (Lipinski definition) is 7. The third-order valence-corrected chi connectivity index (χ3v) is 8.77. The van der Waals surface area contributed by atoms with Gasteiger partial charge in [0.15, 0.2) is 11.3 Å². The number of halogens is 4. The average Bonchev–Trinajstić information content (AvgIpc) is 2.87. The summed E-state index contributed by atoms with van der Waals surface area (Å²) in [5.41, 5.74) is 2.41. The van der Waals surface area contributed by atoms with Crippen LogP contribution in [-0.4, -0.2) is 30.3 Å². The second-order valence-corrected chi connectivity index (χ2v) is 11.8. The Balaban J connectivity index is 1.96. The summed E-state index contributed by atoms with van der Waals surface area (Å²) < 4.78 is 18.5. The molecule has 0 amide bonds. The van der Waals surface area contributed by atoms with Gasteiger partial charge in [-0.2, -0.15) is 0 Å². The van der Waals surface area contributed by atoms with Gasteiger partial charge >= 0.3 is 11.9 Å². The molecule has 0 spiro atoms. The first kappa shape index (κ1) is 27.6. The number of fused-ring (bicyclic) bond motifs is 2. The van der Waals surface area contributed by atoms with E-state index < -0.39 is 11.9 Å². The highest BCUT2D eigenvalue weighted by Gasteiger charge is 2.27. The van der Waals surface area contributed by atoms with Gasteiger partial charge in [-0.1, -0.05) is 24.8 Å². The van der Waals surface area contributed by atoms with Crippen LogP contribution in [0.4, 0.5) is 0 Å². The van der Waals surface area contributed by atoms with Crippen LogP contribution in [0.2, 0.25) is 0 Å². The minimum atomic E-state index is -0.605. The molecular formula is C25H14I4O7. The zero-order chi connectivity index (χ0) is 26.1. The fourth-order valence-electron chi connectivity index (χ4n) is 3.58. The van der Waals surface area contributed by atoms with Gasteiger partial charge < -0.3 is 19.0 Å². The van der Waals surface area contributed by atoms with Gasteiger partial charge in [-0.05, 0) is 114 Å². The lowest BCUT2D eigenvalue weighted by Gasteiger charge is -2.20. The number of benzene rings is 3. The standard InChI is InChI=1S/C25H14I4O7/c1-2-17(30)34-7-8-35-25(33)12-6-4-3-5-11(12)18-13-9-15(26)21(31)19(28)23(13)36-24-14(18)10-16(27)22(32)20(24)29/h2-6,9-10,31H,1,7-8H2. The summed E-state index contributed by atoms with van der Waals surface area (Å²) in [6.45, 7) is 3.09. The maximum atomic E-state index is 13.1. The minimum absolute atomic E-state index is 0.0717. The lowest BCUT2D eigenvalue weighted by atomic mass is 9.91. The second kappa shape index (κ2) is 11.5. The number of carbonyl (C=O) groups is 2. The van der Waals surface area contributed by atoms with E-state index in [-0.39, 0.29) is 30.0 Å². The minimum Gasteiger partial charge on any atom is -0.506 e. The first-order valence-electron chi connectivity index (χ1n) is 10.2. The summed E-state index contributed by atoms with van der Waals surface area (Å²) in [5, 5.41) is 11.2. The van der Waals surface area contributed by atoms with Crippen molar-refractivity contribution in [2.24, 2.45) is 0 Å². The fraction of sp³-hybridized carbons (Fsp3) is 0.0800. The highest BCUT2D eigenvalue weighted by Crippen LogP contribution is 2.46. The SMILES string of the molecule is C=CC(=O)OCCOC(=O)c1ccccc1-c1c2cc(I)c(=O)c(I)c-2oc2c(I)c(O)c(I)cc12. The Morgan fingerprint density at radius 1 is 0.972 bits per heavy atom. The van der Waals surface area contributed by atoms with E-state index in [1.807, 2.05) is 90.4 Å². The molecule has 36 heavy (non-hydrogen) atoms. The molecule has 1 aliphatic carbocycles. The van der Waals surface area contributed by atoms with Crippen molar-refractivity contribution in [1.29, 1.82) is 0 Å². The van der Waals surface area contributed by atoms with Crippen LogP contribution in [0.25, 0.3) is 33.4 Å². The molecule has 2 aliphatic rings. The van der Waals surface area contributed by atoms with E-state index in [1.54, 1.807) is 36.4 Å². The van der Waals surface area contributed by atoms with Crippen LogP contribution in [0.15, 0.2) is 58.3 Å². The van der Waals surface area contributed by atoms with Crippen molar-refractivity contribution in [2.45, 2.75) is 0 Å². The number of phenols is 1. The molecule has 2 aromatic rings. The Morgan fingerprint density at radius 2 is 1.67 bits per heavy atom. The van der Waals surface area contributed by atoms with Crippen molar-refractivity contribution in [3.8, 4) is 28.2 Å². The van der Waals surface area contributed by atoms with Crippen LogP contribution in [-0.2, 0) is 14.3 Å². The number of rotatable bonds is 6. The summed E-state index contributed by atoms with van der Waals surface area (Å²) in [5.74, 6) is -0.772. The van der Waals surface area contributed by atoms with Gasteiger partial charge in [0.2, 0.25) is 5.43 Å². The van der Waals surface area contributed by atoms with Crippen LogP contribution in [0.3, 0.4) is 0 Å². The number of aromatic hydroxyl groups is 1. The van der Waals surface area contributed by atoms with Crippen LogP contribution in [0, 0.1) is 14.3 Å². The zero-order valence-electron chi connectivity index (χ0n) is 18.1. The van der Waals surface area contributed by atoms with Crippen molar-refractivity contribution in [1.82, 2.24) is 0 Å². The number of ether oxygens (including phenoxy) is 2. The van der Waals surface area contributed by atoms with E-state index in [9.17, 15) is 19.5 Å². The molecule has 0 bridgehead atoms. The molecule has 0 fully saturated rings. The molecule has 4 rings (SSSR count). The Morgan fingerprint density at radius 3 is 2.39 bits per heavy atom. The first-order chi connectivity index (χ1) is 17.1. The molecule has 0 aromatic heterocycles. The molecule has 0 atom stereocenters. The second-order valence-electron chi connectivity index (χ2n) is 7.31. The molecule has 11 heteroatoms. The van der Waals surface area contributed by atoms with Crippen molar-refractivity contribution in [2.75, 3.05) is 13.2 Å². The summed E-state index contributed by atoms with van der Waals surface area (Å²) >= 11 is 7.99. The molecule has 7 nitrogen and oxygen atoms in total. The zero-order valence-corrected chi connectivity index (χ0v) is 26.7. The first-order valence-corrected chi connectivity index (χ1v) is 14.5. The van der Waals surface area contributed by atoms with Gasteiger partial charge in [0, 0.05) is 22.6 Å². The predicted molar refractivity (Wildman–Crippen MR) is 169 cm³/mol. The Hall–Kier alpha value is -1.47. The summed E-state index contributed by atoms with van der Waals surface area (Å²) in [7, 11) is 0. The van der Waals surface area contributed by atoms with Crippen LogP contribution in [0.1, 0.15) is 10.4 Å². The molecule has 0 saturated carbocycles. The number of carbonyl (C=O) groups excluding carboxylic acids is 2. The Labute approximate surface area is 259 Å². The average molecular weight is 934 g/mol. The topological polar surface area (TPSA) is 103 Å². The summed E-state index contributed by atoms with van der Waals surface area (Å²) in [6.07, 6.45) is 1.03. The predicted octanol–water partition coefficient (Wildman–Crippen LogP) is 6.57. The molecular weight excluding hydrogens is 920 g/mol. The van der Waals surface area contributed by atoms with Gasteiger partial charge in [-0.25, -0.2) is 9.59 Å². The van der Waals surface area contributed by atoms with Crippen molar-refractivity contribution in [3.05, 3.63) is 79.1 Å². The number of phenolic OH excluding ortho intramolecular Hbond substituents is 1. The van der Waals surface area contributed by atoms with Crippen LogP contribution >= 0.6 is 90.4 Å². The van der Waals surface area contributed by atoms with Crippen LogP contribution in [0.5, 0.6) is 5.75 Å². The quantitative estimate of drug-likeness (QED) is 0.0768. The van der Waals surface area contributed by atoms with E-state index in [0.717, 1.165) is 6.08 Å². The monoisotopic (exact) mass is 934 g/mol. The number of esters is 2. The van der Waals surface area contributed by atoms with Gasteiger partial charge in [-0.3, -0.25) is 4.79 Å². The van der Waals surface area contributed by atoms with Gasteiger partial charge in [0.1, 0.15) is 22.5 Å². The van der Waals surface area contributed by atoms with E-state index >= 15 is 0 Å². The highest BCUT2D eigenvalue weighted by atomic mass is 127. The molecule has 2 aromatic carbocycles. The lowest BCUT2D eigenvalue weighted by molar-refractivity contribution is -0.138. The number of hydrogen-bond donors (Lipinski definition) is 1. The largest absolute Gasteiger partial charge is 0.506 e. The Bertz CT molecular complexity index is 1580. The van der Waals surface area contributed by atoms with E-state index in [0.29, 0.717) is 47.7 Å². The lowest BCUT2D eigenvalue weighted by Crippen LogP contribution is -2.14. The third-order valence-electron chi connectivity index (χ3n) is 5.17. The fourth-order valence-corrected chi connectivity index (χ4v) is 7.15. The molecule has 0 radical (unpaired) electrons. The molecule has 1 N–H and O–H groups in total. The van der Waals surface area contributed by atoms with Crippen molar-refractivity contribution < 1.29 is 28.6 Å². The summed E-state index contributed by atoms with van der Waals surface area (Å²) in [6, 6.07) is 10.5. The third kappa shape index (κ3) is 5.24. The van der Waals surface area contributed by atoms with Crippen molar-refractivity contribution in [3.63, 3.8) is 0 Å². The highest BCUT2D eigenvalue weighted by molar-refractivity contribution is 14.1. The van der Waals surface area contributed by atoms with Crippen molar-refractivity contribution >= 4 is 113 Å². The van der Waals surface area contributed by atoms with Gasteiger partial charge in [0.05, 0.1) is 16.3 Å². The van der Waals surface area contributed by atoms with E-state index in [4.69, 9.17) is 13.9 Å². The van der Waals surface area contributed by atoms with Crippen LogP contribution < -0.4 is 5.43 Å². The maximum absolute atomic E-state index is 13.1. The Kier molecular flexibility index (Phi) is 8.81. The normalized spacial score (nSPS) is 11.0. The molecule has 0 saturated heterocycles. The van der Waals surface area contributed by atoms with Gasteiger partial charge in [-0.15, -0.1) is 0 Å². The van der Waals surface area contributed by atoms with E-state index in [1.165, 1.54) is 0 Å². The molecule has 1 aliphatic heterocycles. The molecule has 0 unspecified atom stereocenters. The summed E-state index contributed by atoms with van der Waals surface area (Å²) in [4.78, 5) is 37.1. The maximum Gasteiger partial charge on any atom is 0.338 e. The molecule has 1 heterocycles. The molecule has 184 valence electrons. The van der Waals surface area contributed by atoms with Gasteiger partial charge in [0.25, 0.3) is 0 Å². The van der Waals surface area contributed by atoms with E-state index in [2.05, 4.69) is 6.58 Å².